The molecule has 0 spiro atoms. The number of nitro benzene ring substituents is 1. The van der Waals surface area contributed by atoms with Gasteiger partial charge in [-0.2, -0.15) is 0 Å². The van der Waals surface area contributed by atoms with E-state index in [2.05, 4.69) is 4.72 Å². The largest absolute Gasteiger partial charge is 0.330 e. The van der Waals surface area contributed by atoms with E-state index in [0.717, 1.165) is 25.3 Å². The number of halogens is 1. The number of sulfonamides is 1. The van der Waals surface area contributed by atoms with Gasteiger partial charge in [-0.3, -0.25) is 10.1 Å². The zero-order valence-corrected chi connectivity index (χ0v) is 12.7. The van der Waals surface area contributed by atoms with Crippen LogP contribution in [-0.2, 0) is 10.0 Å². The van der Waals surface area contributed by atoms with Gasteiger partial charge in [-0.1, -0.05) is 18.0 Å². The average Bonchev–Trinajstić information content (AvgIpc) is 2.85. The molecule has 0 amide bonds. The highest BCUT2D eigenvalue weighted by Crippen LogP contribution is 2.29. The summed E-state index contributed by atoms with van der Waals surface area (Å²) in [6, 6.07) is 3.21. The van der Waals surface area contributed by atoms with E-state index in [0.29, 0.717) is 6.54 Å². The minimum atomic E-state index is -3.83. The quantitative estimate of drug-likeness (QED) is 0.628. The van der Waals surface area contributed by atoms with E-state index in [1.807, 2.05) is 0 Å². The molecular weight excluding hydrogens is 318 g/mol. The Bertz CT molecular complexity index is 650. The number of nitrogens with one attached hydrogen (secondary N) is 1. The fraction of sp³-hybridized carbons (Fsp3) is 0.500. The fourth-order valence-electron chi connectivity index (χ4n) is 2.54. The van der Waals surface area contributed by atoms with Crippen molar-refractivity contribution in [2.24, 2.45) is 11.7 Å². The molecule has 0 saturated heterocycles. The molecule has 116 valence electrons. The summed E-state index contributed by atoms with van der Waals surface area (Å²) in [7, 11) is -3.83. The minimum absolute atomic E-state index is 0.0975. The molecule has 0 aliphatic heterocycles. The molecule has 0 bridgehead atoms. The summed E-state index contributed by atoms with van der Waals surface area (Å²) in [4.78, 5) is 9.96. The Morgan fingerprint density at radius 1 is 1.43 bits per heavy atom. The second-order valence-electron chi connectivity index (χ2n) is 5.02. The Labute approximate surface area is 127 Å². The lowest BCUT2D eigenvalue weighted by Crippen LogP contribution is -2.39. The number of rotatable bonds is 5. The van der Waals surface area contributed by atoms with Crippen LogP contribution in [0.25, 0.3) is 0 Å². The van der Waals surface area contributed by atoms with Crippen LogP contribution in [0.5, 0.6) is 0 Å². The summed E-state index contributed by atoms with van der Waals surface area (Å²) in [5.41, 5.74) is 5.19. The maximum absolute atomic E-state index is 12.3. The van der Waals surface area contributed by atoms with E-state index in [1.54, 1.807) is 0 Å². The molecule has 9 heteroatoms. The van der Waals surface area contributed by atoms with Gasteiger partial charge in [0.25, 0.3) is 5.69 Å². The van der Waals surface area contributed by atoms with Crippen LogP contribution in [0.1, 0.15) is 19.3 Å². The van der Waals surface area contributed by atoms with Gasteiger partial charge in [-0.25, -0.2) is 13.1 Å². The molecule has 1 aliphatic rings. The summed E-state index contributed by atoms with van der Waals surface area (Å²) in [6.45, 7) is 0.411. The summed E-state index contributed by atoms with van der Waals surface area (Å²) in [6.07, 6.45) is 2.51. The van der Waals surface area contributed by atoms with E-state index in [-0.39, 0.29) is 21.9 Å². The zero-order chi connectivity index (χ0) is 15.6. The summed E-state index contributed by atoms with van der Waals surface area (Å²) in [5, 5.41) is 10.7. The third-order valence-corrected chi connectivity index (χ3v) is 5.50. The third-order valence-electron chi connectivity index (χ3n) is 3.69. The van der Waals surface area contributed by atoms with Crippen LogP contribution >= 0.6 is 11.6 Å². The number of hydrogen-bond donors (Lipinski definition) is 2. The van der Waals surface area contributed by atoms with Crippen molar-refractivity contribution in [2.45, 2.75) is 30.2 Å². The van der Waals surface area contributed by atoms with Crippen molar-refractivity contribution in [3.8, 4) is 0 Å². The molecule has 7 nitrogen and oxygen atoms in total. The Morgan fingerprint density at radius 2 is 2.14 bits per heavy atom. The zero-order valence-electron chi connectivity index (χ0n) is 11.2. The SMILES string of the molecule is NCC1CCCC1NS(=O)(=O)c1ccc(Cl)c([N+](=O)[O-])c1. The molecule has 1 saturated carbocycles. The second kappa shape index (κ2) is 6.27. The van der Waals surface area contributed by atoms with Crippen LogP contribution in [0.3, 0.4) is 0 Å². The number of benzene rings is 1. The van der Waals surface area contributed by atoms with Crippen molar-refractivity contribution >= 4 is 27.3 Å². The van der Waals surface area contributed by atoms with E-state index < -0.39 is 20.6 Å². The molecule has 2 atom stereocenters. The predicted octanol–water partition coefficient (Wildman–Crippen LogP) is 1.65. The van der Waals surface area contributed by atoms with Gasteiger partial charge in [0.1, 0.15) is 5.02 Å². The van der Waals surface area contributed by atoms with E-state index >= 15 is 0 Å². The standard InChI is InChI=1S/C12H16ClN3O4S/c13-10-5-4-9(6-12(10)16(17)18)21(19,20)15-11-3-1-2-8(11)7-14/h4-6,8,11,15H,1-3,7,14H2. The van der Waals surface area contributed by atoms with Crippen LogP contribution in [0.4, 0.5) is 5.69 Å². The van der Waals surface area contributed by atoms with Crippen molar-refractivity contribution in [1.82, 2.24) is 4.72 Å². The predicted molar refractivity (Wildman–Crippen MR) is 78.6 cm³/mol. The van der Waals surface area contributed by atoms with Gasteiger partial charge in [0.15, 0.2) is 0 Å². The van der Waals surface area contributed by atoms with Crippen molar-refractivity contribution in [3.63, 3.8) is 0 Å². The van der Waals surface area contributed by atoms with Crippen LogP contribution in [-0.4, -0.2) is 25.9 Å². The first-order valence-corrected chi connectivity index (χ1v) is 8.37. The smallest absolute Gasteiger partial charge is 0.289 e. The highest BCUT2D eigenvalue weighted by molar-refractivity contribution is 7.89. The summed E-state index contributed by atoms with van der Waals surface area (Å²) in [5.74, 6) is 0.0991. The molecule has 2 rings (SSSR count). The summed E-state index contributed by atoms with van der Waals surface area (Å²) >= 11 is 5.68. The molecule has 1 aromatic rings. The van der Waals surface area contributed by atoms with Crippen molar-refractivity contribution < 1.29 is 13.3 Å². The first kappa shape index (κ1) is 16.2. The van der Waals surface area contributed by atoms with Gasteiger partial charge in [0, 0.05) is 12.1 Å². The highest BCUT2D eigenvalue weighted by atomic mass is 35.5. The maximum atomic E-state index is 12.3. The number of nitrogens with two attached hydrogens (primary N) is 1. The van der Waals surface area contributed by atoms with Crippen molar-refractivity contribution in [2.75, 3.05) is 6.54 Å². The molecular formula is C12H16ClN3O4S. The first-order valence-electron chi connectivity index (χ1n) is 6.51. The lowest BCUT2D eigenvalue weighted by molar-refractivity contribution is -0.384. The van der Waals surface area contributed by atoms with Crippen LogP contribution < -0.4 is 10.5 Å². The number of nitro groups is 1. The average molecular weight is 334 g/mol. The lowest BCUT2D eigenvalue weighted by Gasteiger charge is -2.19. The van der Waals surface area contributed by atoms with Gasteiger partial charge in [0.05, 0.1) is 9.82 Å². The van der Waals surface area contributed by atoms with Crippen molar-refractivity contribution in [1.29, 1.82) is 0 Å². The van der Waals surface area contributed by atoms with Crippen LogP contribution in [0, 0.1) is 16.0 Å². The molecule has 1 aliphatic carbocycles. The topological polar surface area (TPSA) is 115 Å². The van der Waals surface area contributed by atoms with Crippen molar-refractivity contribution in [3.05, 3.63) is 33.3 Å². The van der Waals surface area contributed by atoms with Crippen LogP contribution in [0.2, 0.25) is 5.02 Å². The maximum Gasteiger partial charge on any atom is 0.289 e. The van der Waals surface area contributed by atoms with Gasteiger partial charge in [-0.05, 0) is 37.4 Å². The minimum Gasteiger partial charge on any atom is -0.330 e. The molecule has 0 radical (unpaired) electrons. The van der Waals surface area contributed by atoms with Gasteiger partial charge in [-0.15, -0.1) is 0 Å². The third kappa shape index (κ3) is 3.52. The highest BCUT2D eigenvalue weighted by Gasteiger charge is 2.31. The molecule has 0 aromatic heterocycles. The molecule has 0 heterocycles. The monoisotopic (exact) mass is 333 g/mol. The fourth-order valence-corrected chi connectivity index (χ4v) is 4.09. The van der Waals surface area contributed by atoms with Gasteiger partial charge >= 0.3 is 0 Å². The second-order valence-corrected chi connectivity index (χ2v) is 7.15. The Kier molecular flexibility index (Phi) is 4.82. The normalized spacial score (nSPS) is 22.4. The molecule has 1 fully saturated rings. The van der Waals surface area contributed by atoms with E-state index in [1.165, 1.54) is 12.1 Å². The van der Waals surface area contributed by atoms with Gasteiger partial charge in [0.2, 0.25) is 10.0 Å². The van der Waals surface area contributed by atoms with E-state index in [4.69, 9.17) is 17.3 Å². The molecule has 1 aromatic carbocycles. The Morgan fingerprint density at radius 3 is 2.76 bits per heavy atom. The molecule has 3 N–H and O–H groups in total. The first-order chi connectivity index (χ1) is 9.85. The van der Waals surface area contributed by atoms with Crippen LogP contribution in [0.15, 0.2) is 23.1 Å². The number of nitrogens with zero attached hydrogens (tertiary/aromatic N) is 1. The Hall–Kier alpha value is -1.22. The molecule has 21 heavy (non-hydrogen) atoms. The Balaban J connectivity index is 2.27. The lowest BCUT2D eigenvalue weighted by atomic mass is 10.1. The van der Waals surface area contributed by atoms with Gasteiger partial charge < -0.3 is 5.73 Å². The molecule has 2 unspecified atom stereocenters. The van der Waals surface area contributed by atoms with E-state index in [9.17, 15) is 18.5 Å². The number of hydrogen-bond acceptors (Lipinski definition) is 5. The summed E-state index contributed by atoms with van der Waals surface area (Å²) < 4.78 is 27.2.